The SMILES string of the molecule is CC(=O)N1CCO[C@@H](c2cccc(Nc3cc(C)on3)n2)C1. The maximum atomic E-state index is 11.5. The first-order chi connectivity index (χ1) is 10.6. The molecule has 116 valence electrons. The Bertz CT molecular complexity index is 670. The zero-order valence-electron chi connectivity index (χ0n) is 12.6. The third kappa shape index (κ3) is 3.25. The number of hydrogen-bond donors (Lipinski definition) is 1. The second-order valence-corrected chi connectivity index (χ2v) is 5.22. The summed E-state index contributed by atoms with van der Waals surface area (Å²) in [4.78, 5) is 17.8. The summed E-state index contributed by atoms with van der Waals surface area (Å²) in [6, 6.07) is 7.43. The van der Waals surface area contributed by atoms with Gasteiger partial charge in [-0.05, 0) is 19.1 Å². The molecule has 1 atom stereocenters. The number of amides is 1. The first kappa shape index (κ1) is 14.5. The molecule has 22 heavy (non-hydrogen) atoms. The number of pyridine rings is 1. The van der Waals surface area contributed by atoms with Crippen molar-refractivity contribution in [3.63, 3.8) is 0 Å². The minimum Gasteiger partial charge on any atom is -0.368 e. The van der Waals surface area contributed by atoms with Crippen LogP contribution in [0.4, 0.5) is 11.6 Å². The monoisotopic (exact) mass is 302 g/mol. The number of nitrogens with one attached hydrogen (secondary N) is 1. The van der Waals surface area contributed by atoms with E-state index in [-0.39, 0.29) is 12.0 Å². The lowest BCUT2D eigenvalue weighted by molar-refractivity contribution is -0.136. The average molecular weight is 302 g/mol. The van der Waals surface area contributed by atoms with Crippen LogP contribution in [0.5, 0.6) is 0 Å². The number of hydrogen-bond acceptors (Lipinski definition) is 6. The smallest absolute Gasteiger partial charge is 0.219 e. The Morgan fingerprint density at radius 3 is 3.00 bits per heavy atom. The molecule has 2 aromatic rings. The lowest BCUT2D eigenvalue weighted by Gasteiger charge is -2.32. The Balaban J connectivity index is 1.74. The molecule has 7 nitrogen and oxygen atoms in total. The summed E-state index contributed by atoms with van der Waals surface area (Å²) >= 11 is 0. The maximum absolute atomic E-state index is 11.5. The third-order valence-electron chi connectivity index (χ3n) is 3.50. The zero-order chi connectivity index (χ0) is 15.5. The van der Waals surface area contributed by atoms with E-state index in [1.807, 2.05) is 25.1 Å². The van der Waals surface area contributed by atoms with Gasteiger partial charge in [0.15, 0.2) is 5.82 Å². The number of carbonyl (C=O) groups is 1. The van der Waals surface area contributed by atoms with E-state index >= 15 is 0 Å². The van der Waals surface area contributed by atoms with Crippen LogP contribution in [0.1, 0.15) is 24.5 Å². The number of aromatic nitrogens is 2. The van der Waals surface area contributed by atoms with Crippen LogP contribution in [0.2, 0.25) is 0 Å². The summed E-state index contributed by atoms with van der Waals surface area (Å²) in [5, 5.41) is 6.96. The molecule has 1 aliphatic rings. The minimum absolute atomic E-state index is 0.0562. The van der Waals surface area contributed by atoms with E-state index in [0.29, 0.717) is 31.3 Å². The van der Waals surface area contributed by atoms with Gasteiger partial charge in [0.2, 0.25) is 5.91 Å². The molecule has 1 aliphatic heterocycles. The quantitative estimate of drug-likeness (QED) is 0.934. The summed E-state index contributed by atoms with van der Waals surface area (Å²) in [6.07, 6.45) is -0.210. The lowest BCUT2D eigenvalue weighted by atomic mass is 10.2. The molecule has 0 radical (unpaired) electrons. The topological polar surface area (TPSA) is 80.5 Å². The Morgan fingerprint density at radius 1 is 1.41 bits per heavy atom. The molecule has 7 heteroatoms. The highest BCUT2D eigenvalue weighted by Crippen LogP contribution is 2.23. The summed E-state index contributed by atoms with van der Waals surface area (Å²) in [5.41, 5.74) is 0.788. The Morgan fingerprint density at radius 2 is 2.27 bits per heavy atom. The van der Waals surface area contributed by atoms with E-state index in [2.05, 4.69) is 15.5 Å². The highest BCUT2D eigenvalue weighted by Gasteiger charge is 2.24. The van der Waals surface area contributed by atoms with Gasteiger partial charge in [-0.15, -0.1) is 0 Å². The second-order valence-electron chi connectivity index (χ2n) is 5.22. The Labute approximate surface area is 128 Å². The van der Waals surface area contributed by atoms with Crippen molar-refractivity contribution in [2.24, 2.45) is 0 Å². The first-order valence-electron chi connectivity index (χ1n) is 7.16. The number of rotatable bonds is 3. The molecular weight excluding hydrogens is 284 g/mol. The van der Waals surface area contributed by atoms with Gasteiger partial charge < -0.3 is 19.5 Å². The fourth-order valence-corrected chi connectivity index (χ4v) is 2.37. The van der Waals surface area contributed by atoms with Crippen LogP contribution in [0.3, 0.4) is 0 Å². The molecule has 1 saturated heterocycles. The van der Waals surface area contributed by atoms with Gasteiger partial charge in [0.1, 0.15) is 17.7 Å². The Kier molecular flexibility index (Phi) is 4.06. The lowest BCUT2D eigenvalue weighted by Crippen LogP contribution is -2.41. The molecular formula is C15H18N4O3. The summed E-state index contributed by atoms with van der Waals surface area (Å²) in [7, 11) is 0. The van der Waals surface area contributed by atoms with Gasteiger partial charge in [-0.3, -0.25) is 4.79 Å². The highest BCUT2D eigenvalue weighted by molar-refractivity contribution is 5.73. The predicted molar refractivity (Wildman–Crippen MR) is 79.7 cm³/mol. The fraction of sp³-hybridized carbons (Fsp3) is 0.400. The van der Waals surface area contributed by atoms with Gasteiger partial charge in [0, 0.05) is 19.5 Å². The zero-order valence-corrected chi connectivity index (χ0v) is 12.6. The Hall–Kier alpha value is -2.41. The first-order valence-corrected chi connectivity index (χ1v) is 7.16. The summed E-state index contributed by atoms with van der Waals surface area (Å²) in [6.45, 7) is 5.07. The van der Waals surface area contributed by atoms with E-state index < -0.39 is 0 Å². The van der Waals surface area contributed by atoms with Crippen molar-refractivity contribution in [3.8, 4) is 0 Å². The molecule has 0 aromatic carbocycles. The maximum Gasteiger partial charge on any atom is 0.219 e. The summed E-state index contributed by atoms with van der Waals surface area (Å²) in [5.74, 6) is 2.05. The van der Waals surface area contributed by atoms with Crippen LogP contribution in [0.25, 0.3) is 0 Å². The fourth-order valence-electron chi connectivity index (χ4n) is 2.37. The third-order valence-corrected chi connectivity index (χ3v) is 3.50. The van der Waals surface area contributed by atoms with Crippen LogP contribution < -0.4 is 5.32 Å². The van der Waals surface area contributed by atoms with E-state index in [4.69, 9.17) is 9.26 Å². The number of aryl methyl sites for hydroxylation is 1. The number of carbonyl (C=O) groups excluding carboxylic acids is 1. The van der Waals surface area contributed by atoms with Gasteiger partial charge in [-0.1, -0.05) is 11.2 Å². The van der Waals surface area contributed by atoms with Gasteiger partial charge in [0.25, 0.3) is 0 Å². The highest BCUT2D eigenvalue weighted by atomic mass is 16.5. The van der Waals surface area contributed by atoms with Gasteiger partial charge in [0.05, 0.1) is 18.8 Å². The molecule has 0 unspecified atom stereocenters. The second kappa shape index (κ2) is 6.15. The average Bonchev–Trinajstić information content (AvgIpc) is 2.93. The molecule has 3 heterocycles. The van der Waals surface area contributed by atoms with Crippen LogP contribution in [-0.2, 0) is 9.53 Å². The van der Waals surface area contributed by atoms with E-state index in [0.717, 1.165) is 11.5 Å². The van der Waals surface area contributed by atoms with Crippen LogP contribution in [0, 0.1) is 6.92 Å². The predicted octanol–water partition coefficient (Wildman–Crippen LogP) is 2.04. The molecule has 1 fully saturated rings. The molecule has 2 aromatic heterocycles. The summed E-state index contributed by atoms with van der Waals surface area (Å²) < 4.78 is 10.7. The molecule has 3 rings (SSSR count). The van der Waals surface area contributed by atoms with E-state index in [1.54, 1.807) is 17.9 Å². The molecule has 1 N–H and O–H groups in total. The van der Waals surface area contributed by atoms with Crippen molar-refractivity contribution in [2.75, 3.05) is 25.0 Å². The standard InChI is InChI=1S/C15H18N4O3/c1-10-8-15(18-22-10)17-14-5-3-4-12(16-14)13-9-19(11(2)20)6-7-21-13/h3-5,8,13H,6-7,9H2,1-2H3,(H,16,17,18)/t13-/m1/s1. The van der Waals surface area contributed by atoms with Crippen molar-refractivity contribution in [1.82, 2.24) is 15.0 Å². The van der Waals surface area contributed by atoms with Crippen molar-refractivity contribution in [3.05, 3.63) is 35.7 Å². The number of anilines is 2. The van der Waals surface area contributed by atoms with Crippen molar-refractivity contribution in [2.45, 2.75) is 20.0 Å². The van der Waals surface area contributed by atoms with E-state index in [9.17, 15) is 4.79 Å². The van der Waals surface area contributed by atoms with Crippen molar-refractivity contribution >= 4 is 17.5 Å². The molecule has 0 bridgehead atoms. The van der Waals surface area contributed by atoms with Gasteiger partial charge in [-0.25, -0.2) is 4.98 Å². The minimum atomic E-state index is -0.210. The number of morpholine rings is 1. The van der Waals surface area contributed by atoms with Gasteiger partial charge >= 0.3 is 0 Å². The number of ether oxygens (including phenoxy) is 1. The van der Waals surface area contributed by atoms with Crippen molar-refractivity contribution < 1.29 is 14.1 Å². The molecule has 0 spiro atoms. The molecule has 0 saturated carbocycles. The normalized spacial score (nSPS) is 18.3. The van der Waals surface area contributed by atoms with Gasteiger partial charge in [-0.2, -0.15) is 0 Å². The molecule has 0 aliphatic carbocycles. The largest absolute Gasteiger partial charge is 0.368 e. The van der Waals surface area contributed by atoms with E-state index in [1.165, 1.54) is 0 Å². The van der Waals surface area contributed by atoms with Crippen molar-refractivity contribution in [1.29, 1.82) is 0 Å². The molecule has 1 amide bonds. The van der Waals surface area contributed by atoms with Crippen LogP contribution >= 0.6 is 0 Å². The van der Waals surface area contributed by atoms with Crippen LogP contribution in [-0.4, -0.2) is 40.6 Å². The van der Waals surface area contributed by atoms with Crippen LogP contribution in [0.15, 0.2) is 28.8 Å². The number of nitrogens with zero attached hydrogens (tertiary/aromatic N) is 3.